The molecular weight excluding hydrogens is 351 g/mol. The number of pyridine rings is 1. The van der Waals surface area contributed by atoms with Gasteiger partial charge >= 0.3 is 0 Å². The zero-order valence-corrected chi connectivity index (χ0v) is 15.9. The zero-order valence-electron chi connectivity index (χ0n) is 15.9. The van der Waals surface area contributed by atoms with E-state index < -0.39 is 0 Å². The number of aromatic nitrogens is 1. The Kier molecular flexibility index (Phi) is 5.65. The summed E-state index contributed by atoms with van der Waals surface area (Å²) < 4.78 is 13.2. The molecular formula is C23H25FN4. The third kappa shape index (κ3) is 4.21. The van der Waals surface area contributed by atoms with Gasteiger partial charge in [-0.25, -0.2) is 4.39 Å². The fourth-order valence-electron chi connectivity index (χ4n) is 3.77. The second-order valence-corrected chi connectivity index (χ2v) is 7.18. The molecule has 4 rings (SSSR count). The summed E-state index contributed by atoms with van der Waals surface area (Å²) in [6.07, 6.45) is 3.75. The van der Waals surface area contributed by atoms with Crippen molar-refractivity contribution in [2.24, 2.45) is 5.73 Å². The Morgan fingerprint density at radius 3 is 2.39 bits per heavy atom. The summed E-state index contributed by atoms with van der Waals surface area (Å²) in [7, 11) is 0. The lowest BCUT2D eigenvalue weighted by atomic mass is 10.1. The van der Waals surface area contributed by atoms with Crippen LogP contribution >= 0.6 is 0 Å². The van der Waals surface area contributed by atoms with Crippen LogP contribution in [0.3, 0.4) is 0 Å². The van der Waals surface area contributed by atoms with Crippen LogP contribution in [-0.2, 0) is 13.1 Å². The first-order chi connectivity index (χ1) is 13.7. The minimum Gasteiger partial charge on any atom is -0.369 e. The number of hydrogen-bond acceptors (Lipinski definition) is 4. The van der Waals surface area contributed by atoms with E-state index in [4.69, 9.17) is 5.73 Å². The Morgan fingerprint density at radius 1 is 0.893 bits per heavy atom. The molecule has 0 aliphatic carbocycles. The highest BCUT2D eigenvalue weighted by molar-refractivity contribution is 5.62. The van der Waals surface area contributed by atoms with Crippen molar-refractivity contribution in [3.8, 4) is 11.1 Å². The number of anilines is 1. The molecule has 4 nitrogen and oxygen atoms in total. The quantitative estimate of drug-likeness (QED) is 0.738. The normalized spacial score (nSPS) is 15.0. The van der Waals surface area contributed by atoms with Crippen molar-refractivity contribution in [2.75, 3.05) is 31.1 Å². The number of para-hydroxylation sites is 1. The average molecular weight is 376 g/mol. The Labute approximate surface area is 165 Å². The van der Waals surface area contributed by atoms with Crippen LogP contribution in [0.2, 0.25) is 0 Å². The summed E-state index contributed by atoms with van der Waals surface area (Å²) in [5, 5.41) is 0. The number of halogens is 1. The van der Waals surface area contributed by atoms with Crippen molar-refractivity contribution in [3.05, 3.63) is 83.9 Å². The molecule has 3 aromatic rings. The molecule has 1 aromatic heterocycles. The molecule has 5 heteroatoms. The van der Waals surface area contributed by atoms with Gasteiger partial charge in [-0.05, 0) is 41.0 Å². The van der Waals surface area contributed by atoms with E-state index in [1.54, 1.807) is 12.1 Å². The molecule has 0 bridgehead atoms. The second-order valence-electron chi connectivity index (χ2n) is 7.18. The maximum absolute atomic E-state index is 13.2. The molecule has 1 fully saturated rings. The molecule has 144 valence electrons. The third-order valence-corrected chi connectivity index (χ3v) is 5.30. The smallest absolute Gasteiger partial charge is 0.123 e. The zero-order chi connectivity index (χ0) is 19.3. The van der Waals surface area contributed by atoms with Crippen LogP contribution in [0.4, 0.5) is 10.1 Å². The summed E-state index contributed by atoms with van der Waals surface area (Å²) in [4.78, 5) is 9.26. The van der Waals surface area contributed by atoms with Crippen molar-refractivity contribution in [2.45, 2.75) is 13.1 Å². The summed E-state index contributed by atoms with van der Waals surface area (Å²) >= 11 is 0. The van der Waals surface area contributed by atoms with Gasteiger partial charge in [-0.2, -0.15) is 0 Å². The van der Waals surface area contributed by atoms with Crippen LogP contribution in [0.15, 0.2) is 67.0 Å². The number of hydrogen-bond donors (Lipinski definition) is 1. The fourth-order valence-corrected chi connectivity index (χ4v) is 3.77. The molecule has 0 saturated carbocycles. The van der Waals surface area contributed by atoms with Gasteiger partial charge in [-0.3, -0.25) is 9.88 Å². The average Bonchev–Trinajstić information content (AvgIpc) is 2.75. The lowest BCUT2D eigenvalue weighted by Crippen LogP contribution is -2.46. The molecule has 2 aromatic carbocycles. The fraction of sp³-hybridized carbons (Fsp3) is 0.261. The van der Waals surface area contributed by atoms with Gasteiger partial charge in [0.2, 0.25) is 0 Å². The summed E-state index contributed by atoms with van der Waals surface area (Å²) in [6, 6.07) is 17.1. The molecule has 1 aliphatic rings. The first kappa shape index (κ1) is 18.6. The van der Waals surface area contributed by atoms with Gasteiger partial charge < -0.3 is 10.6 Å². The number of nitrogens with two attached hydrogens (primary N) is 1. The molecule has 0 radical (unpaired) electrons. The Balaban J connectivity index is 1.40. The molecule has 2 heterocycles. The highest BCUT2D eigenvalue weighted by atomic mass is 19.1. The van der Waals surface area contributed by atoms with Crippen LogP contribution in [0.5, 0.6) is 0 Å². The molecule has 1 saturated heterocycles. The first-order valence-corrected chi connectivity index (χ1v) is 9.68. The second kappa shape index (κ2) is 8.50. The van der Waals surface area contributed by atoms with Crippen LogP contribution in [-0.4, -0.2) is 36.1 Å². The minimum absolute atomic E-state index is 0.220. The molecule has 2 N–H and O–H groups in total. The van der Waals surface area contributed by atoms with Gasteiger partial charge in [0, 0.05) is 62.9 Å². The van der Waals surface area contributed by atoms with E-state index in [2.05, 4.69) is 39.0 Å². The predicted octanol–water partition coefficient (Wildman–Crippen LogP) is 3.67. The van der Waals surface area contributed by atoms with Gasteiger partial charge in [0.05, 0.1) is 0 Å². The van der Waals surface area contributed by atoms with E-state index in [1.165, 1.54) is 28.9 Å². The van der Waals surface area contributed by atoms with E-state index in [-0.39, 0.29) is 5.82 Å². The molecule has 0 amide bonds. The van der Waals surface area contributed by atoms with Crippen LogP contribution < -0.4 is 10.6 Å². The summed E-state index contributed by atoms with van der Waals surface area (Å²) in [6.45, 7) is 5.41. The van der Waals surface area contributed by atoms with E-state index >= 15 is 0 Å². The van der Waals surface area contributed by atoms with Gasteiger partial charge in [0.25, 0.3) is 0 Å². The Hall–Kier alpha value is -2.76. The van der Waals surface area contributed by atoms with Gasteiger partial charge in [-0.15, -0.1) is 0 Å². The molecule has 1 aliphatic heterocycles. The molecule has 0 spiro atoms. The highest BCUT2D eigenvalue weighted by Crippen LogP contribution is 2.23. The van der Waals surface area contributed by atoms with Crippen LogP contribution in [0.1, 0.15) is 11.1 Å². The maximum atomic E-state index is 13.2. The van der Waals surface area contributed by atoms with Crippen molar-refractivity contribution in [1.82, 2.24) is 9.88 Å². The lowest BCUT2D eigenvalue weighted by Gasteiger charge is -2.37. The lowest BCUT2D eigenvalue weighted by molar-refractivity contribution is 0.249. The number of piperazine rings is 1. The van der Waals surface area contributed by atoms with Crippen LogP contribution in [0.25, 0.3) is 11.1 Å². The van der Waals surface area contributed by atoms with E-state index in [1.807, 2.05) is 18.5 Å². The van der Waals surface area contributed by atoms with E-state index in [0.717, 1.165) is 43.9 Å². The number of benzene rings is 2. The molecule has 28 heavy (non-hydrogen) atoms. The number of nitrogens with zero attached hydrogens (tertiary/aromatic N) is 3. The van der Waals surface area contributed by atoms with Crippen molar-refractivity contribution in [3.63, 3.8) is 0 Å². The van der Waals surface area contributed by atoms with Crippen molar-refractivity contribution >= 4 is 5.69 Å². The van der Waals surface area contributed by atoms with E-state index in [9.17, 15) is 4.39 Å². The third-order valence-electron chi connectivity index (χ3n) is 5.30. The topological polar surface area (TPSA) is 45.4 Å². The summed E-state index contributed by atoms with van der Waals surface area (Å²) in [5.74, 6) is -0.220. The van der Waals surface area contributed by atoms with Crippen molar-refractivity contribution < 1.29 is 4.39 Å². The highest BCUT2D eigenvalue weighted by Gasteiger charge is 2.19. The molecule has 0 atom stereocenters. The SMILES string of the molecule is NCc1ccccc1N1CCN(Cc2cncc(-c3ccc(F)cc3)c2)CC1. The van der Waals surface area contributed by atoms with Gasteiger partial charge in [-0.1, -0.05) is 30.3 Å². The maximum Gasteiger partial charge on any atom is 0.123 e. The van der Waals surface area contributed by atoms with Crippen LogP contribution in [0, 0.1) is 5.82 Å². The Morgan fingerprint density at radius 2 is 1.64 bits per heavy atom. The van der Waals surface area contributed by atoms with Gasteiger partial charge in [0.15, 0.2) is 0 Å². The number of rotatable bonds is 5. The van der Waals surface area contributed by atoms with Crippen molar-refractivity contribution in [1.29, 1.82) is 0 Å². The first-order valence-electron chi connectivity index (χ1n) is 9.68. The summed E-state index contributed by atoms with van der Waals surface area (Å²) in [5.41, 5.74) is 11.5. The standard InChI is InChI=1S/C23H25FN4/c24-22-7-5-19(6-8-22)21-13-18(15-26-16-21)17-27-9-11-28(12-10-27)23-4-2-1-3-20(23)14-25/h1-8,13,15-16H,9-12,14,17,25H2. The van der Waals surface area contributed by atoms with E-state index in [0.29, 0.717) is 6.54 Å². The Bertz CT molecular complexity index is 918. The van der Waals surface area contributed by atoms with Gasteiger partial charge in [0.1, 0.15) is 5.82 Å². The predicted molar refractivity (Wildman–Crippen MR) is 111 cm³/mol. The minimum atomic E-state index is -0.220. The monoisotopic (exact) mass is 376 g/mol. The molecule has 0 unspecified atom stereocenters. The largest absolute Gasteiger partial charge is 0.369 e.